The van der Waals surface area contributed by atoms with Gasteiger partial charge in [0.15, 0.2) is 0 Å². The summed E-state index contributed by atoms with van der Waals surface area (Å²) in [5, 5.41) is 0. The molecule has 0 heterocycles. The molecule has 15 heavy (non-hydrogen) atoms. The fourth-order valence-electron chi connectivity index (χ4n) is 0.906. The maximum Gasteiger partial charge on any atom is 0.129 e. The molecule has 0 aliphatic rings. The van der Waals surface area contributed by atoms with Crippen LogP contribution in [0, 0.1) is 0 Å². The average Bonchev–Trinajstić information content (AvgIpc) is 2.29. The molecule has 0 radical (unpaired) electrons. The maximum absolute atomic E-state index is 10.6. The van der Waals surface area contributed by atoms with Gasteiger partial charge < -0.3 is 4.79 Å². The number of hydrogen-bond acceptors (Lipinski definition) is 1. The molecule has 1 heteroatoms. The number of ketones is 1. The summed E-state index contributed by atoms with van der Waals surface area (Å²) in [5.41, 5.74) is 1.23. The van der Waals surface area contributed by atoms with Crippen LogP contribution >= 0.6 is 0 Å². The van der Waals surface area contributed by atoms with Crippen LogP contribution in [0.2, 0.25) is 0 Å². The Morgan fingerprint density at radius 3 is 1.93 bits per heavy atom. The first-order valence-corrected chi connectivity index (χ1v) is 5.47. The monoisotopic (exact) mass is 210 g/mol. The summed E-state index contributed by atoms with van der Waals surface area (Å²) in [5.74, 6) is 0.268. The summed E-state index contributed by atoms with van der Waals surface area (Å²) in [6.07, 6.45) is 6.49. The third-order valence-corrected chi connectivity index (χ3v) is 1.63. The third-order valence-electron chi connectivity index (χ3n) is 1.63. The summed E-state index contributed by atoms with van der Waals surface area (Å²) >= 11 is 0. The molecule has 0 spiro atoms. The quantitative estimate of drug-likeness (QED) is 0.474. The van der Waals surface area contributed by atoms with E-state index in [0.717, 1.165) is 12.8 Å². The van der Waals surface area contributed by atoms with E-state index < -0.39 is 0 Å². The molecule has 0 unspecified atom stereocenters. The van der Waals surface area contributed by atoms with Crippen LogP contribution in [0.3, 0.4) is 0 Å². The van der Waals surface area contributed by atoms with Crippen LogP contribution in [-0.2, 0) is 4.79 Å². The zero-order valence-electron chi connectivity index (χ0n) is 10.8. The highest BCUT2D eigenvalue weighted by Crippen LogP contribution is 2.07. The molecule has 0 N–H and O–H groups in total. The summed E-state index contributed by atoms with van der Waals surface area (Å²) in [6.45, 7) is 17.3. The molecule has 0 aliphatic heterocycles. The fourth-order valence-corrected chi connectivity index (χ4v) is 0.906. The van der Waals surface area contributed by atoms with Gasteiger partial charge in [-0.1, -0.05) is 38.2 Å². The van der Waals surface area contributed by atoms with Gasteiger partial charge in [-0.15, -0.1) is 13.2 Å². The number of Topliss-reactive ketones (excluding diaryl/α,β-unsaturated/α-hetero) is 1. The largest absolute Gasteiger partial charge is 0.300 e. The van der Waals surface area contributed by atoms with Crippen molar-refractivity contribution in [1.29, 1.82) is 0 Å². The Morgan fingerprint density at radius 1 is 1.20 bits per heavy atom. The van der Waals surface area contributed by atoms with Crippen molar-refractivity contribution in [1.82, 2.24) is 0 Å². The predicted octanol–water partition coefficient (Wildman–Crippen LogP) is 4.71. The molecule has 0 aromatic heterocycles. The average molecular weight is 210 g/mol. The van der Waals surface area contributed by atoms with Crippen molar-refractivity contribution in [2.45, 2.75) is 47.0 Å². The fraction of sp³-hybridized carbons (Fsp3) is 0.500. The summed E-state index contributed by atoms with van der Waals surface area (Å²) in [4.78, 5) is 10.6. The zero-order valence-corrected chi connectivity index (χ0v) is 10.8. The van der Waals surface area contributed by atoms with E-state index in [-0.39, 0.29) is 5.78 Å². The number of allylic oxidation sites excluding steroid dienone is 3. The molecule has 1 nitrogen and oxygen atoms in total. The SMILES string of the molecule is C=C.C=C/C(=C\C)CCCC(C)=O.CC. The van der Waals surface area contributed by atoms with Gasteiger partial charge in [-0.3, -0.25) is 0 Å². The predicted molar refractivity (Wildman–Crippen MR) is 71.1 cm³/mol. The van der Waals surface area contributed by atoms with Gasteiger partial charge in [0.1, 0.15) is 5.78 Å². The van der Waals surface area contributed by atoms with Gasteiger partial charge in [0, 0.05) is 6.42 Å². The highest BCUT2D eigenvalue weighted by molar-refractivity contribution is 5.75. The Labute approximate surface area is 95.6 Å². The minimum atomic E-state index is 0.268. The normalized spacial score (nSPS) is 8.93. The van der Waals surface area contributed by atoms with Crippen LogP contribution in [0.4, 0.5) is 0 Å². The molecule has 0 saturated heterocycles. The summed E-state index contributed by atoms with van der Waals surface area (Å²) in [7, 11) is 0. The Kier molecular flexibility index (Phi) is 24.2. The van der Waals surface area contributed by atoms with E-state index in [1.54, 1.807) is 6.92 Å². The van der Waals surface area contributed by atoms with Crippen LogP contribution in [0.5, 0.6) is 0 Å². The van der Waals surface area contributed by atoms with Crippen molar-refractivity contribution >= 4 is 5.78 Å². The van der Waals surface area contributed by atoms with Crippen LogP contribution < -0.4 is 0 Å². The third kappa shape index (κ3) is 19.3. The first kappa shape index (κ1) is 19.5. The van der Waals surface area contributed by atoms with Crippen LogP contribution in [0.1, 0.15) is 47.0 Å². The van der Waals surface area contributed by atoms with E-state index in [1.165, 1.54) is 5.57 Å². The summed E-state index contributed by atoms with van der Waals surface area (Å²) < 4.78 is 0. The van der Waals surface area contributed by atoms with Crippen LogP contribution in [0.15, 0.2) is 37.5 Å². The Morgan fingerprint density at radius 2 is 1.67 bits per heavy atom. The lowest BCUT2D eigenvalue weighted by atomic mass is 10.1. The van der Waals surface area contributed by atoms with E-state index >= 15 is 0 Å². The van der Waals surface area contributed by atoms with Gasteiger partial charge in [0.2, 0.25) is 0 Å². The second-order valence-corrected chi connectivity index (χ2v) is 2.62. The molecule has 0 amide bonds. The first-order chi connectivity index (χ1) is 7.20. The van der Waals surface area contributed by atoms with E-state index in [4.69, 9.17) is 0 Å². The lowest BCUT2D eigenvalue weighted by molar-refractivity contribution is -0.117. The highest BCUT2D eigenvalue weighted by Gasteiger charge is 1.94. The van der Waals surface area contributed by atoms with E-state index in [9.17, 15) is 4.79 Å². The van der Waals surface area contributed by atoms with Crippen molar-refractivity contribution in [2.24, 2.45) is 0 Å². The molecule has 0 aromatic carbocycles. The molecular weight excluding hydrogens is 184 g/mol. The lowest BCUT2D eigenvalue weighted by Gasteiger charge is -1.98. The van der Waals surface area contributed by atoms with E-state index in [2.05, 4.69) is 19.7 Å². The van der Waals surface area contributed by atoms with E-state index in [0.29, 0.717) is 6.42 Å². The molecule has 88 valence electrons. The number of carbonyl (C=O) groups excluding carboxylic acids is 1. The van der Waals surface area contributed by atoms with Gasteiger partial charge in [0.25, 0.3) is 0 Å². The minimum Gasteiger partial charge on any atom is -0.300 e. The second-order valence-electron chi connectivity index (χ2n) is 2.62. The minimum absolute atomic E-state index is 0.268. The van der Waals surface area contributed by atoms with Gasteiger partial charge in [-0.25, -0.2) is 0 Å². The second kappa shape index (κ2) is 18.6. The topological polar surface area (TPSA) is 17.1 Å². The number of rotatable bonds is 5. The smallest absolute Gasteiger partial charge is 0.129 e. The Balaban J connectivity index is -0.000000318. The molecule has 0 aromatic rings. The lowest BCUT2D eigenvalue weighted by Crippen LogP contribution is -1.89. The van der Waals surface area contributed by atoms with Crippen molar-refractivity contribution in [3.05, 3.63) is 37.5 Å². The Bertz CT molecular complexity index is 178. The molecular formula is C14H26O. The zero-order chi connectivity index (χ0) is 12.7. The number of hydrogen-bond donors (Lipinski definition) is 0. The molecule has 0 saturated carbocycles. The van der Waals surface area contributed by atoms with Crippen LogP contribution in [0.25, 0.3) is 0 Å². The molecule has 0 rings (SSSR count). The van der Waals surface area contributed by atoms with Crippen LogP contribution in [-0.4, -0.2) is 5.78 Å². The van der Waals surface area contributed by atoms with Gasteiger partial charge in [-0.2, -0.15) is 0 Å². The van der Waals surface area contributed by atoms with Crippen molar-refractivity contribution < 1.29 is 4.79 Å². The highest BCUT2D eigenvalue weighted by atomic mass is 16.1. The molecule has 0 bridgehead atoms. The first-order valence-electron chi connectivity index (χ1n) is 5.47. The molecule has 0 atom stereocenters. The Hall–Kier alpha value is -1.11. The standard InChI is InChI=1S/C10H16O.C2H6.C2H4/c1-4-10(5-2)8-6-7-9(3)11;2*1-2/h4-5H,1,6-8H2,2-3H3;1-2H3;1-2H2/b10-5+;;. The van der Waals surface area contributed by atoms with Crippen molar-refractivity contribution in [3.63, 3.8) is 0 Å². The van der Waals surface area contributed by atoms with Gasteiger partial charge in [0.05, 0.1) is 0 Å². The number of carbonyl (C=O) groups is 1. The van der Waals surface area contributed by atoms with Gasteiger partial charge >= 0.3 is 0 Å². The van der Waals surface area contributed by atoms with Gasteiger partial charge in [-0.05, 0) is 26.7 Å². The molecule has 0 aliphatic carbocycles. The summed E-state index contributed by atoms with van der Waals surface area (Å²) in [6, 6.07) is 0. The maximum atomic E-state index is 10.6. The van der Waals surface area contributed by atoms with Crippen molar-refractivity contribution in [2.75, 3.05) is 0 Å². The molecule has 0 fully saturated rings. The van der Waals surface area contributed by atoms with Crippen molar-refractivity contribution in [3.8, 4) is 0 Å². The van der Waals surface area contributed by atoms with E-state index in [1.807, 2.05) is 32.9 Å².